The van der Waals surface area contributed by atoms with Crippen molar-refractivity contribution in [1.29, 1.82) is 0 Å². The van der Waals surface area contributed by atoms with Crippen molar-refractivity contribution in [3.63, 3.8) is 0 Å². The minimum atomic E-state index is -8.51. The lowest BCUT2D eigenvalue weighted by Crippen LogP contribution is -2.70. The minimum absolute atomic E-state index is 0.648. The SMILES string of the molecule is CC(F)(F)OC(F)(F)C(F)(OC(F)(F)C(F)(OC(F)(F)C(F)(OC(F)(F)F)C(F)(F)P)C(F)(F)F)C(F)(F)F. The summed E-state index contributed by atoms with van der Waals surface area (Å²) in [6, 6.07) is 0. The zero-order valence-corrected chi connectivity index (χ0v) is 18.2. The lowest BCUT2D eigenvalue weighted by atomic mass is 10.2. The molecule has 39 heavy (non-hydrogen) atoms. The van der Waals surface area contributed by atoms with Crippen molar-refractivity contribution >= 4 is 9.24 Å². The quantitative estimate of drug-likeness (QED) is 0.169. The molecule has 27 heteroatoms. The average Bonchev–Trinajstić information content (AvgIpc) is 2.53. The highest BCUT2D eigenvalue weighted by Crippen LogP contribution is 2.59. The van der Waals surface area contributed by atoms with Crippen LogP contribution in [0.25, 0.3) is 0 Å². The number of hydrogen-bond donors (Lipinski definition) is 0. The molecule has 0 aliphatic rings. The molecule has 0 heterocycles. The molecule has 4 nitrogen and oxygen atoms in total. The lowest BCUT2D eigenvalue weighted by Gasteiger charge is -2.43. The van der Waals surface area contributed by atoms with E-state index in [1.807, 2.05) is 0 Å². The summed E-state index contributed by atoms with van der Waals surface area (Å²) in [5.74, 6) is -24.2. The van der Waals surface area contributed by atoms with Gasteiger partial charge in [-0.15, -0.1) is 13.2 Å². The fourth-order valence-electron chi connectivity index (χ4n) is 1.82. The maximum atomic E-state index is 14.1. The highest BCUT2D eigenvalue weighted by atomic mass is 31.0. The van der Waals surface area contributed by atoms with E-state index in [0.717, 1.165) is 0 Å². The first-order chi connectivity index (χ1) is 16.3. The van der Waals surface area contributed by atoms with Crippen LogP contribution in [0.2, 0.25) is 0 Å². The predicted molar refractivity (Wildman–Crippen MR) is 74.1 cm³/mol. The third-order valence-corrected chi connectivity index (χ3v) is 3.75. The molecule has 4 atom stereocenters. The van der Waals surface area contributed by atoms with Gasteiger partial charge in [0.25, 0.3) is 0 Å². The number of alkyl halides is 22. The van der Waals surface area contributed by atoms with Crippen LogP contribution < -0.4 is 0 Å². The Morgan fingerprint density at radius 1 is 0.385 bits per heavy atom. The van der Waals surface area contributed by atoms with Crippen molar-refractivity contribution in [2.45, 2.75) is 73.3 Å². The molecule has 0 aliphatic heterocycles. The Balaban J connectivity index is 7.20. The van der Waals surface area contributed by atoms with Gasteiger partial charge in [0.2, 0.25) is 0 Å². The van der Waals surface area contributed by atoms with Crippen LogP contribution in [-0.2, 0) is 18.9 Å². The normalized spacial score (nSPS) is 20.3. The summed E-state index contributed by atoms with van der Waals surface area (Å²) in [4.78, 5) is 0. The van der Waals surface area contributed by atoms with E-state index in [4.69, 9.17) is 0 Å². The van der Waals surface area contributed by atoms with Gasteiger partial charge in [0.1, 0.15) is 0 Å². The van der Waals surface area contributed by atoms with Crippen LogP contribution in [0.3, 0.4) is 0 Å². The fraction of sp³-hybridized carbons (Fsp3) is 1.00. The Morgan fingerprint density at radius 2 is 0.641 bits per heavy atom. The molecule has 0 spiro atoms. The minimum Gasteiger partial charge on any atom is -0.263 e. The van der Waals surface area contributed by atoms with Gasteiger partial charge in [-0.2, -0.15) is 83.4 Å². The molecule has 0 saturated heterocycles. The summed E-state index contributed by atoms with van der Waals surface area (Å²) >= 11 is 0. The van der Waals surface area contributed by atoms with E-state index in [1.165, 1.54) is 14.2 Å². The molecule has 0 amide bonds. The molecule has 4 unspecified atom stereocenters. The van der Waals surface area contributed by atoms with E-state index in [1.54, 1.807) is 4.74 Å². The van der Waals surface area contributed by atoms with E-state index in [-0.39, 0.29) is 0 Å². The first-order valence-electron chi connectivity index (χ1n) is 8.08. The van der Waals surface area contributed by atoms with Crippen molar-refractivity contribution in [3.8, 4) is 0 Å². The molecule has 0 fully saturated rings. The first-order valence-corrected chi connectivity index (χ1v) is 8.66. The van der Waals surface area contributed by atoms with E-state index in [0.29, 0.717) is 0 Å². The Bertz CT molecular complexity index is 856. The van der Waals surface area contributed by atoms with Crippen LogP contribution in [-0.4, -0.2) is 66.4 Å². The molecule has 0 aliphatic carbocycles. The van der Waals surface area contributed by atoms with Gasteiger partial charge in [-0.05, 0) is 0 Å². The molecular weight excluding hydrogens is 657 g/mol. The van der Waals surface area contributed by atoms with Crippen LogP contribution in [0.4, 0.5) is 96.6 Å². The van der Waals surface area contributed by atoms with Crippen LogP contribution in [0, 0.1) is 0 Å². The Kier molecular flexibility index (Phi) is 9.60. The maximum Gasteiger partial charge on any atom is 0.525 e. The molecule has 0 aromatic heterocycles. The third kappa shape index (κ3) is 7.52. The van der Waals surface area contributed by atoms with Crippen LogP contribution >= 0.6 is 9.24 Å². The Labute approximate surface area is 199 Å². The van der Waals surface area contributed by atoms with Gasteiger partial charge in [-0.3, -0.25) is 14.2 Å². The van der Waals surface area contributed by atoms with Gasteiger partial charge in [0, 0.05) is 6.92 Å². The molecule has 236 valence electrons. The Hall–Kier alpha value is -1.27. The number of ether oxygens (including phenoxy) is 4. The second-order valence-electron chi connectivity index (χ2n) is 6.62. The van der Waals surface area contributed by atoms with Gasteiger partial charge in [0.15, 0.2) is 0 Å². The molecule has 0 bridgehead atoms. The second kappa shape index (κ2) is 9.93. The van der Waals surface area contributed by atoms with Gasteiger partial charge < -0.3 is 0 Å². The van der Waals surface area contributed by atoms with E-state index >= 15 is 0 Å². The zero-order chi connectivity index (χ0) is 32.3. The van der Waals surface area contributed by atoms with Crippen LogP contribution in [0.15, 0.2) is 0 Å². The third-order valence-electron chi connectivity index (χ3n) is 3.38. The molecule has 0 aromatic carbocycles. The smallest absolute Gasteiger partial charge is 0.263 e. The molecule has 0 aromatic rings. The first kappa shape index (κ1) is 37.7. The van der Waals surface area contributed by atoms with E-state index in [9.17, 15) is 96.6 Å². The van der Waals surface area contributed by atoms with Crippen molar-refractivity contribution in [3.05, 3.63) is 0 Å². The summed E-state index contributed by atoms with van der Waals surface area (Å²) in [5, 5.41) is 0. The monoisotopic (exact) mass is 662 g/mol. The summed E-state index contributed by atoms with van der Waals surface area (Å²) in [5.41, 5.74) is -6.65. The second-order valence-corrected chi connectivity index (χ2v) is 7.34. The summed E-state index contributed by atoms with van der Waals surface area (Å²) in [6.07, 6.45) is -53.5. The van der Waals surface area contributed by atoms with Gasteiger partial charge in [-0.1, -0.05) is 9.24 Å². The highest BCUT2D eigenvalue weighted by Gasteiger charge is 2.87. The number of rotatable bonds is 11. The lowest BCUT2D eigenvalue weighted by molar-refractivity contribution is -0.584. The standard InChI is InChI=1S/C12H5F22O4P/c1-2(13,14)35-8(24,25)3(15,6(18,19)20)36-9(26,27)4(16,7(21,22)23)37-10(28,29)5(17,11(30,31)39)38-12(32,33)34/h39H2,1H3. The summed E-state index contributed by atoms with van der Waals surface area (Å²) < 4.78 is 294. The van der Waals surface area contributed by atoms with E-state index < -0.39 is 82.5 Å². The van der Waals surface area contributed by atoms with Gasteiger partial charge in [0.05, 0.1) is 0 Å². The van der Waals surface area contributed by atoms with Crippen molar-refractivity contribution in [2.75, 3.05) is 0 Å². The number of halogens is 22. The van der Waals surface area contributed by atoms with Crippen molar-refractivity contribution in [1.82, 2.24) is 0 Å². The average molecular weight is 662 g/mol. The van der Waals surface area contributed by atoms with Crippen LogP contribution in [0.1, 0.15) is 6.92 Å². The largest absolute Gasteiger partial charge is 0.525 e. The van der Waals surface area contributed by atoms with Gasteiger partial charge >= 0.3 is 66.4 Å². The molecule has 0 N–H and O–H groups in total. The highest BCUT2D eigenvalue weighted by molar-refractivity contribution is 7.18. The summed E-state index contributed by atoms with van der Waals surface area (Å²) in [6.45, 7) is -0.987. The molecular formula is C12H5F22O4P. The number of hydrogen-bond acceptors (Lipinski definition) is 4. The van der Waals surface area contributed by atoms with E-state index in [2.05, 4.69) is 0 Å². The fourth-order valence-corrected chi connectivity index (χ4v) is 2.05. The predicted octanol–water partition coefficient (Wildman–Crippen LogP) is 7.55. The molecule has 0 rings (SSSR count). The van der Waals surface area contributed by atoms with Crippen molar-refractivity contribution < 1.29 is 116 Å². The topological polar surface area (TPSA) is 36.9 Å². The van der Waals surface area contributed by atoms with Gasteiger partial charge in [-0.25, -0.2) is 4.74 Å². The van der Waals surface area contributed by atoms with Crippen LogP contribution in [0.5, 0.6) is 0 Å². The summed E-state index contributed by atoms with van der Waals surface area (Å²) in [7, 11) is -0.648. The molecule has 0 saturated carbocycles. The maximum absolute atomic E-state index is 14.1. The zero-order valence-electron chi connectivity index (χ0n) is 17.0. The Morgan fingerprint density at radius 3 is 0.846 bits per heavy atom. The molecule has 0 radical (unpaired) electrons. The van der Waals surface area contributed by atoms with Crippen molar-refractivity contribution in [2.24, 2.45) is 0 Å².